The van der Waals surface area contributed by atoms with Crippen LogP contribution < -0.4 is 20.3 Å². The Bertz CT molecular complexity index is 716. The van der Waals surface area contributed by atoms with Gasteiger partial charge in [-0.15, -0.1) is 0 Å². The molecule has 0 spiro atoms. The topological polar surface area (TPSA) is 76.2 Å². The van der Waals surface area contributed by atoms with Gasteiger partial charge in [-0.2, -0.15) is 13.2 Å². The van der Waals surface area contributed by atoms with Crippen LogP contribution in [0.15, 0.2) is 35.1 Å². The summed E-state index contributed by atoms with van der Waals surface area (Å²) in [6.45, 7) is 0.280. The minimum Gasteiger partial charge on any atom is -0.493 e. The van der Waals surface area contributed by atoms with E-state index in [1.54, 1.807) is 24.3 Å². The van der Waals surface area contributed by atoms with Crippen LogP contribution in [0.4, 0.5) is 19.1 Å². The molecule has 0 saturated heterocycles. The van der Waals surface area contributed by atoms with Crippen LogP contribution in [0, 0.1) is 0 Å². The van der Waals surface area contributed by atoms with Gasteiger partial charge in [-0.25, -0.2) is 4.98 Å². The van der Waals surface area contributed by atoms with Crippen LogP contribution in [-0.2, 0) is 6.18 Å². The van der Waals surface area contributed by atoms with Crippen LogP contribution in [0.25, 0.3) is 0 Å². The molecular weight excluding hydrogens is 315 g/mol. The second-order valence-electron chi connectivity index (χ2n) is 4.40. The number of hydrogen-bond donors (Lipinski definition) is 2. The fourth-order valence-corrected chi connectivity index (χ4v) is 1.76. The third kappa shape index (κ3) is 4.63. The van der Waals surface area contributed by atoms with Crippen molar-refractivity contribution in [3.8, 4) is 11.5 Å². The summed E-state index contributed by atoms with van der Waals surface area (Å²) in [5.41, 5.74) is -2.14. The van der Waals surface area contributed by atoms with Crippen LogP contribution in [0.3, 0.4) is 0 Å². The molecule has 0 radical (unpaired) electrons. The first kappa shape index (κ1) is 16.7. The van der Waals surface area contributed by atoms with Crippen LogP contribution in [0.2, 0.25) is 0 Å². The fourth-order valence-electron chi connectivity index (χ4n) is 1.76. The molecular formula is C14H14F3N3O3. The minimum atomic E-state index is -4.68. The van der Waals surface area contributed by atoms with Crippen LogP contribution >= 0.6 is 0 Å². The molecule has 9 heteroatoms. The maximum absolute atomic E-state index is 12.6. The van der Waals surface area contributed by atoms with E-state index in [2.05, 4.69) is 15.3 Å². The molecule has 2 N–H and O–H groups in total. The highest BCUT2D eigenvalue weighted by molar-refractivity contribution is 5.39. The number of methoxy groups -OCH3 is 1. The molecule has 124 valence electrons. The molecule has 0 aliphatic rings. The molecule has 1 aromatic heterocycles. The number of alkyl halides is 3. The molecule has 2 aromatic rings. The lowest BCUT2D eigenvalue weighted by Crippen LogP contribution is -2.21. The zero-order valence-corrected chi connectivity index (χ0v) is 12.1. The normalized spacial score (nSPS) is 11.1. The van der Waals surface area contributed by atoms with E-state index in [4.69, 9.17) is 9.47 Å². The molecule has 0 bridgehead atoms. The Balaban J connectivity index is 1.94. The Kier molecular flexibility index (Phi) is 5.09. The average Bonchev–Trinajstić information content (AvgIpc) is 2.50. The highest BCUT2D eigenvalue weighted by atomic mass is 19.4. The van der Waals surface area contributed by atoms with Crippen molar-refractivity contribution in [3.63, 3.8) is 0 Å². The molecule has 0 unspecified atom stereocenters. The van der Waals surface area contributed by atoms with Crippen molar-refractivity contribution >= 4 is 5.95 Å². The fraction of sp³-hybridized carbons (Fsp3) is 0.286. The van der Waals surface area contributed by atoms with Crippen molar-refractivity contribution in [2.45, 2.75) is 6.18 Å². The van der Waals surface area contributed by atoms with Crippen LogP contribution in [-0.4, -0.2) is 30.2 Å². The van der Waals surface area contributed by atoms with E-state index in [1.807, 2.05) is 0 Å². The number of halogens is 3. The number of aromatic nitrogens is 2. The molecule has 2 rings (SSSR count). The van der Waals surface area contributed by atoms with Gasteiger partial charge in [0.2, 0.25) is 5.95 Å². The van der Waals surface area contributed by atoms with Gasteiger partial charge in [0, 0.05) is 6.07 Å². The van der Waals surface area contributed by atoms with E-state index < -0.39 is 17.4 Å². The number of aromatic amines is 1. The van der Waals surface area contributed by atoms with Crippen molar-refractivity contribution in [2.75, 3.05) is 25.6 Å². The number of anilines is 1. The summed E-state index contributed by atoms with van der Waals surface area (Å²) in [5, 5.41) is 2.57. The van der Waals surface area contributed by atoms with E-state index in [1.165, 1.54) is 7.11 Å². The van der Waals surface area contributed by atoms with Gasteiger partial charge in [0.15, 0.2) is 17.2 Å². The second kappa shape index (κ2) is 7.03. The Morgan fingerprint density at radius 3 is 2.61 bits per heavy atom. The van der Waals surface area contributed by atoms with Gasteiger partial charge in [0.05, 0.1) is 13.7 Å². The van der Waals surface area contributed by atoms with E-state index in [-0.39, 0.29) is 19.1 Å². The van der Waals surface area contributed by atoms with Gasteiger partial charge >= 0.3 is 6.18 Å². The Hall–Kier alpha value is -2.71. The number of rotatable bonds is 6. The van der Waals surface area contributed by atoms with Crippen molar-refractivity contribution in [1.29, 1.82) is 0 Å². The molecule has 0 atom stereocenters. The lowest BCUT2D eigenvalue weighted by molar-refractivity contribution is -0.141. The Morgan fingerprint density at radius 2 is 1.96 bits per heavy atom. The minimum absolute atomic E-state index is 0.139. The number of para-hydroxylation sites is 2. The molecule has 0 aliphatic heterocycles. The second-order valence-corrected chi connectivity index (χ2v) is 4.40. The van der Waals surface area contributed by atoms with Crippen molar-refractivity contribution in [1.82, 2.24) is 9.97 Å². The monoisotopic (exact) mass is 329 g/mol. The van der Waals surface area contributed by atoms with Crippen molar-refractivity contribution in [2.24, 2.45) is 0 Å². The Morgan fingerprint density at radius 1 is 1.26 bits per heavy atom. The predicted molar refractivity (Wildman–Crippen MR) is 76.8 cm³/mol. The standard InChI is InChI=1S/C14H14F3N3O3/c1-22-9-4-2-3-5-10(9)23-7-6-18-13-19-11(14(15,16)17)8-12(21)20-13/h2-5,8H,6-7H2,1H3,(H2,18,19,20,21). The van der Waals surface area contributed by atoms with Crippen LogP contribution in [0.1, 0.15) is 5.69 Å². The largest absolute Gasteiger partial charge is 0.493 e. The van der Waals surface area contributed by atoms with E-state index in [0.29, 0.717) is 17.6 Å². The van der Waals surface area contributed by atoms with Gasteiger partial charge in [-0.1, -0.05) is 12.1 Å². The Labute approximate surface area is 129 Å². The number of nitrogens with one attached hydrogen (secondary N) is 2. The first-order valence-electron chi connectivity index (χ1n) is 6.58. The van der Waals surface area contributed by atoms with Gasteiger partial charge in [-0.3, -0.25) is 9.78 Å². The molecule has 0 saturated carbocycles. The predicted octanol–water partition coefficient (Wildman–Crippen LogP) is 2.29. The average molecular weight is 329 g/mol. The number of nitrogens with zero attached hydrogens (tertiary/aromatic N) is 1. The zero-order valence-electron chi connectivity index (χ0n) is 12.1. The van der Waals surface area contributed by atoms with Crippen molar-refractivity contribution < 1.29 is 22.6 Å². The number of ether oxygens (including phenoxy) is 2. The maximum Gasteiger partial charge on any atom is 0.433 e. The lowest BCUT2D eigenvalue weighted by Gasteiger charge is -2.11. The summed E-state index contributed by atoms with van der Waals surface area (Å²) in [7, 11) is 1.50. The number of hydrogen-bond acceptors (Lipinski definition) is 5. The number of H-pyrrole nitrogens is 1. The summed E-state index contributed by atoms with van der Waals surface area (Å²) in [5.74, 6) is 0.772. The number of benzene rings is 1. The van der Waals surface area contributed by atoms with Gasteiger partial charge < -0.3 is 14.8 Å². The van der Waals surface area contributed by atoms with Gasteiger partial charge in [0.1, 0.15) is 6.61 Å². The first-order chi connectivity index (χ1) is 10.9. The molecule has 1 heterocycles. The summed E-state index contributed by atoms with van der Waals surface area (Å²) in [6, 6.07) is 7.35. The molecule has 0 amide bonds. The first-order valence-corrected chi connectivity index (χ1v) is 6.58. The van der Waals surface area contributed by atoms with Gasteiger partial charge in [-0.05, 0) is 12.1 Å². The van der Waals surface area contributed by atoms with Gasteiger partial charge in [0.25, 0.3) is 5.56 Å². The summed E-state index contributed by atoms with van der Waals surface area (Å²) in [6.07, 6.45) is -4.68. The maximum atomic E-state index is 12.6. The molecule has 0 fully saturated rings. The summed E-state index contributed by atoms with van der Waals surface area (Å²) < 4.78 is 48.2. The SMILES string of the molecule is COc1ccccc1OCCNc1nc(C(F)(F)F)cc(=O)[nH]1. The third-order valence-electron chi connectivity index (χ3n) is 2.75. The smallest absolute Gasteiger partial charge is 0.433 e. The van der Waals surface area contributed by atoms with E-state index >= 15 is 0 Å². The molecule has 0 aliphatic carbocycles. The lowest BCUT2D eigenvalue weighted by atomic mass is 10.3. The van der Waals surface area contributed by atoms with E-state index in [9.17, 15) is 18.0 Å². The van der Waals surface area contributed by atoms with E-state index in [0.717, 1.165) is 0 Å². The third-order valence-corrected chi connectivity index (χ3v) is 2.75. The molecule has 1 aromatic carbocycles. The van der Waals surface area contributed by atoms with Crippen LogP contribution in [0.5, 0.6) is 11.5 Å². The molecule has 23 heavy (non-hydrogen) atoms. The zero-order chi connectivity index (χ0) is 16.9. The quantitative estimate of drug-likeness (QED) is 0.795. The summed E-state index contributed by atoms with van der Waals surface area (Å²) in [4.78, 5) is 16.7. The highest BCUT2D eigenvalue weighted by Crippen LogP contribution is 2.27. The molecule has 6 nitrogen and oxygen atoms in total. The highest BCUT2D eigenvalue weighted by Gasteiger charge is 2.33. The van der Waals surface area contributed by atoms with Crippen molar-refractivity contribution in [3.05, 3.63) is 46.4 Å². The summed E-state index contributed by atoms with van der Waals surface area (Å²) >= 11 is 0.